The number of para-hydroxylation sites is 1. The molecule has 0 saturated carbocycles. The SMILES string of the molecule is CO/N=C(\C)c1cn(-c2ccccc2)c2cccc(NC(=O)c3ccccc3)c12. The summed E-state index contributed by atoms with van der Waals surface area (Å²) in [5.74, 6) is -0.155. The fourth-order valence-electron chi connectivity index (χ4n) is 3.44. The third-order valence-corrected chi connectivity index (χ3v) is 4.77. The predicted octanol–water partition coefficient (Wildman–Crippen LogP) is 5.25. The lowest BCUT2D eigenvalue weighted by atomic mass is 10.1. The lowest BCUT2D eigenvalue weighted by Crippen LogP contribution is -2.12. The molecule has 1 N–H and O–H groups in total. The number of rotatable bonds is 5. The standard InChI is InChI=1S/C24H21N3O2/c1-17(26-29-2)20-16-27(19-12-7-4-8-13-19)22-15-9-14-21(23(20)22)25-24(28)18-10-5-3-6-11-18/h3-16H,1-2H3,(H,25,28)/b26-17+. The number of benzene rings is 3. The number of hydrogen-bond donors (Lipinski definition) is 1. The fraction of sp³-hybridized carbons (Fsp3) is 0.0833. The second-order valence-corrected chi connectivity index (χ2v) is 6.63. The summed E-state index contributed by atoms with van der Waals surface area (Å²) >= 11 is 0. The molecule has 0 radical (unpaired) electrons. The van der Waals surface area contributed by atoms with Gasteiger partial charge in [-0.3, -0.25) is 4.79 Å². The fourth-order valence-corrected chi connectivity index (χ4v) is 3.44. The van der Waals surface area contributed by atoms with Crippen LogP contribution in [0.4, 0.5) is 5.69 Å². The Kier molecular flexibility index (Phi) is 5.12. The van der Waals surface area contributed by atoms with Crippen LogP contribution in [0.3, 0.4) is 0 Å². The minimum Gasteiger partial charge on any atom is -0.399 e. The van der Waals surface area contributed by atoms with Crippen LogP contribution in [-0.4, -0.2) is 23.3 Å². The van der Waals surface area contributed by atoms with Crippen LogP contribution in [0.2, 0.25) is 0 Å². The molecular weight excluding hydrogens is 362 g/mol. The molecule has 1 heterocycles. The Labute approximate surface area is 169 Å². The Hall–Kier alpha value is -3.86. The molecule has 5 heteroatoms. The molecule has 0 aliphatic heterocycles. The number of anilines is 1. The van der Waals surface area contributed by atoms with Crippen molar-refractivity contribution in [1.82, 2.24) is 4.57 Å². The molecule has 5 nitrogen and oxygen atoms in total. The maximum atomic E-state index is 12.8. The van der Waals surface area contributed by atoms with Gasteiger partial charge in [0.05, 0.1) is 16.9 Å². The van der Waals surface area contributed by atoms with Crippen molar-refractivity contribution in [3.05, 3.63) is 96.2 Å². The molecular formula is C24H21N3O2. The van der Waals surface area contributed by atoms with Crippen molar-refractivity contribution in [2.45, 2.75) is 6.92 Å². The molecule has 4 rings (SSSR count). The summed E-state index contributed by atoms with van der Waals surface area (Å²) in [4.78, 5) is 17.8. The molecule has 4 aromatic rings. The quantitative estimate of drug-likeness (QED) is 0.378. The maximum Gasteiger partial charge on any atom is 0.255 e. The van der Waals surface area contributed by atoms with Gasteiger partial charge in [-0.05, 0) is 43.3 Å². The molecule has 0 atom stereocenters. The zero-order chi connectivity index (χ0) is 20.2. The van der Waals surface area contributed by atoms with Crippen molar-refractivity contribution in [1.29, 1.82) is 0 Å². The number of nitrogens with one attached hydrogen (secondary N) is 1. The third kappa shape index (κ3) is 3.62. The number of hydrogen-bond acceptors (Lipinski definition) is 3. The van der Waals surface area contributed by atoms with Gasteiger partial charge in [-0.15, -0.1) is 0 Å². The van der Waals surface area contributed by atoms with Crippen molar-refractivity contribution >= 4 is 28.2 Å². The van der Waals surface area contributed by atoms with Gasteiger partial charge in [0, 0.05) is 28.4 Å². The van der Waals surface area contributed by atoms with Crippen molar-refractivity contribution in [3.63, 3.8) is 0 Å². The van der Waals surface area contributed by atoms with E-state index in [9.17, 15) is 4.79 Å². The van der Waals surface area contributed by atoms with E-state index >= 15 is 0 Å². The van der Waals surface area contributed by atoms with E-state index in [4.69, 9.17) is 4.84 Å². The molecule has 144 valence electrons. The second kappa shape index (κ2) is 8.02. The van der Waals surface area contributed by atoms with Gasteiger partial charge in [0.15, 0.2) is 0 Å². The van der Waals surface area contributed by atoms with Gasteiger partial charge in [0.2, 0.25) is 0 Å². The van der Waals surface area contributed by atoms with Crippen LogP contribution < -0.4 is 5.32 Å². The van der Waals surface area contributed by atoms with E-state index in [2.05, 4.69) is 15.0 Å². The summed E-state index contributed by atoms with van der Waals surface area (Å²) < 4.78 is 2.09. The van der Waals surface area contributed by atoms with Gasteiger partial charge >= 0.3 is 0 Å². The molecule has 0 saturated heterocycles. The highest BCUT2D eigenvalue weighted by Gasteiger charge is 2.17. The van der Waals surface area contributed by atoms with Gasteiger partial charge in [-0.25, -0.2) is 0 Å². The van der Waals surface area contributed by atoms with E-state index in [1.807, 2.05) is 79.9 Å². The molecule has 0 aliphatic carbocycles. The maximum absolute atomic E-state index is 12.8. The van der Waals surface area contributed by atoms with Crippen molar-refractivity contribution < 1.29 is 9.63 Å². The number of aromatic nitrogens is 1. The zero-order valence-electron chi connectivity index (χ0n) is 16.3. The minimum atomic E-state index is -0.155. The first-order chi connectivity index (χ1) is 14.2. The number of nitrogens with zero attached hydrogens (tertiary/aromatic N) is 2. The molecule has 0 spiro atoms. The first-order valence-corrected chi connectivity index (χ1v) is 9.33. The summed E-state index contributed by atoms with van der Waals surface area (Å²) in [6.45, 7) is 1.89. The molecule has 3 aromatic carbocycles. The monoisotopic (exact) mass is 383 g/mol. The number of fused-ring (bicyclic) bond motifs is 1. The number of oxime groups is 1. The Morgan fingerprint density at radius 3 is 2.31 bits per heavy atom. The smallest absolute Gasteiger partial charge is 0.255 e. The lowest BCUT2D eigenvalue weighted by molar-refractivity contribution is 0.102. The van der Waals surface area contributed by atoms with Crippen molar-refractivity contribution in [3.8, 4) is 5.69 Å². The minimum absolute atomic E-state index is 0.155. The number of carbonyl (C=O) groups excluding carboxylic acids is 1. The zero-order valence-corrected chi connectivity index (χ0v) is 16.3. The van der Waals surface area contributed by atoms with Gasteiger partial charge in [0.25, 0.3) is 5.91 Å². The van der Waals surface area contributed by atoms with Crippen LogP contribution in [0.1, 0.15) is 22.8 Å². The van der Waals surface area contributed by atoms with Crippen LogP contribution in [0.5, 0.6) is 0 Å². The Morgan fingerprint density at radius 2 is 1.62 bits per heavy atom. The third-order valence-electron chi connectivity index (χ3n) is 4.77. The average molecular weight is 383 g/mol. The highest BCUT2D eigenvalue weighted by Crippen LogP contribution is 2.32. The molecule has 0 bridgehead atoms. The predicted molar refractivity (Wildman–Crippen MR) is 117 cm³/mol. The first-order valence-electron chi connectivity index (χ1n) is 9.33. The van der Waals surface area contributed by atoms with Gasteiger partial charge in [-0.1, -0.05) is 47.6 Å². The van der Waals surface area contributed by atoms with E-state index in [1.165, 1.54) is 7.11 Å². The number of carbonyl (C=O) groups is 1. The molecule has 29 heavy (non-hydrogen) atoms. The molecule has 0 aliphatic rings. The van der Waals surface area contributed by atoms with Crippen molar-refractivity contribution in [2.24, 2.45) is 5.16 Å². The summed E-state index contributed by atoms with van der Waals surface area (Å²) in [5, 5.41) is 8.09. The topological polar surface area (TPSA) is 55.6 Å². The van der Waals surface area contributed by atoms with E-state index in [0.717, 1.165) is 33.6 Å². The second-order valence-electron chi connectivity index (χ2n) is 6.63. The summed E-state index contributed by atoms with van der Waals surface area (Å²) in [6, 6.07) is 25.1. The normalized spacial score (nSPS) is 11.4. The van der Waals surface area contributed by atoms with Gasteiger partial charge in [0.1, 0.15) is 7.11 Å². The molecule has 0 fully saturated rings. The average Bonchev–Trinajstić information content (AvgIpc) is 3.16. The van der Waals surface area contributed by atoms with E-state index < -0.39 is 0 Å². The van der Waals surface area contributed by atoms with Crippen LogP contribution in [0.15, 0.2) is 90.2 Å². The van der Waals surface area contributed by atoms with Crippen LogP contribution in [0, 0.1) is 0 Å². The summed E-state index contributed by atoms with van der Waals surface area (Å²) in [7, 11) is 1.53. The van der Waals surface area contributed by atoms with Crippen molar-refractivity contribution in [2.75, 3.05) is 12.4 Å². The molecule has 1 amide bonds. The Balaban J connectivity index is 1.88. The first kappa shape index (κ1) is 18.5. The van der Waals surface area contributed by atoms with Crippen LogP contribution in [0.25, 0.3) is 16.6 Å². The van der Waals surface area contributed by atoms with Gasteiger partial charge < -0.3 is 14.7 Å². The highest BCUT2D eigenvalue weighted by molar-refractivity contribution is 6.17. The summed E-state index contributed by atoms with van der Waals surface area (Å²) in [5.41, 5.74) is 4.97. The van der Waals surface area contributed by atoms with Crippen LogP contribution >= 0.6 is 0 Å². The van der Waals surface area contributed by atoms with E-state index in [-0.39, 0.29) is 5.91 Å². The highest BCUT2D eigenvalue weighted by atomic mass is 16.6. The molecule has 1 aromatic heterocycles. The summed E-state index contributed by atoms with van der Waals surface area (Å²) in [6.07, 6.45) is 2.02. The number of amides is 1. The molecule has 0 unspecified atom stereocenters. The van der Waals surface area contributed by atoms with E-state index in [1.54, 1.807) is 12.1 Å². The lowest BCUT2D eigenvalue weighted by Gasteiger charge is -2.10. The Morgan fingerprint density at radius 1 is 0.931 bits per heavy atom. The van der Waals surface area contributed by atoms with E-state index in [0.29, 0.717) is 5.56 Å². The largest absolute Gasteiger partial charge is 0.399 e. The van der Waals surface area contributed by atoms with Gasteiger partial charge in [-0.2, -0.15) is 0 Å². The Bertz CT molecular complexity index is 1180. The van der Waals surface area contributed by atoms with Crippen LogP contribution in [-0.2, 0) is 4.84 Å².